The second-order valence-corrected chi connectivity index (χ2v) is 15.7. The zero-order chi connectivity index (χ0) is 38.9. The number of anilines is 6. The van der Waals surface area contributed by atoms with Crippen LogP contribution in [-0.2, 0) is 25.7 Å². The molecular weight excluding hydrogens is 681 g/mol. The number of rotatable bonds is 18. The first-order valence-corrected chi connectivity index (χ1v) is 21.4. The molecule has 6 aromatic rings. The SMILES string of the molecule is CCCCc1ccc(N(c2ccc(CCCC)cc2)c2ccc3c(c2)C(O)c2cc(N(c4ccc(CCCC)cc4)c4ccc(CCCC)cc4)ccc2-3)cc1. The van der Waals surface area contributed by atoms with Crippen LogP contribution in [0.2, 0.25) is 0 Å². The van der Waals surface area contributed by atoms with Crippen LogP contribution in [0, 0.1) is 0 Å². The van der Waals surface area contributed by atoms with Crippen molar-refractivity contribution in [3.05, 3.63) is 167 Å². The molecule has 7 rings (SSSR count). The van der Waals surface area contributed by atoms with Gasteiger partial charge in [-0.2, -0.15) is 0 Å². The summed E-state index contributed by atoms with van der Waals surface area (Å²) >= 11 is 0. The maximum absolute atomic E-state index is 12.2. The largest absolute Gasteiger partial charge is 0.384 e. The van der Waals surface area contributed by atoms with Crippen molar-refractivity contribution in [3.63, 3.8) is 0 Å². The number of hydrogen-bond donors (Lipinski definition) is 1. The molecule has 0 heterocycles. The summed E-state index contributed by atoms with van der Waals surface area (Å²) in [6.45, 7) is 8.99. The molecular formula is C53H60N2O. The lowest BCUT2D eigenvalue weighted by atomic mass is 10.0. The molecule has 0 atom stereocenters. The highest BCUT2D eigenvalue weighted by atomic mass is 16.3. The van der Waals surface area contributed by atoms with Gasteiger partial charge < -0.3 is 14.9 Å². The average Bonchev–Trinajstić information content (AvgIpc) is 3.52. The number of aliphatic hydroxyl groups excluding tert-OH is 1. The van der Waals surface area contributed by atoms with Gasteiger partial charge in [-0.25, -0.2) is 0 Å². The van der Waals surface area contributed by atoms with Gasteiger partial charge >= 0.3 is 0 Å². The summed E-state index contributed by atoms with van der Waals surface area (Å²) in [5.41, 5.74) is 16.2. The minimum Gasteiger partial charge on any atom is -0.384 e. The number of hydrogen-bond acceptors (Lipinski definition) is 3. The zero-order valence-electron chi connectivity index (χ0n) is 34.1. The third-order valence-corrected chi connectivity index (χ3v) is 11.5. The van der Waals surface area contributed by atoms with Crippen LogP contribution in [-0.4, -0.2) is 5.11 Å². The monoisotopic (exact) mass is 740 g/mol. The summed E-state index contributed by atoms with van der Waals surface area (Å²) in [6.07, 6.45) is 13.2. The van der Waals surface area contributed by atoms with Gasteiger partial charge in [0.2, 0.25) is 0 Å². The summed E-state index contributed by atoms with van der Waals surface area (Å²) < 4.78 is 0. The Morgan fingerprint density at radius 1 is 0.357 bits per heavy atom. The van der Waals surface area contributed by atoms with Crippen LogP contribution in [0.25, 0.3) is 11.1 Å². The van der Waals surface area contributed by atoms with E-state index < -0.39 is 6.10 Å². The van der Waals surface area contributed by atoms with Crippen molar-refractivity contribution in [2.75, 3.05) is 9.80 Å². The van der Waals surface area contributed by atoms with Crippen molar-refractivity contribution in [2.24, 2.45) is 0 Å². The number of unbranched alkanes of at least 4 members (excludes halogenated alkanes) is 4. The van der Waals surface area contributed by atoms with E-state index in [-0.39, 0.29) is 0 Å². The van der Waals surface area contributed by atoms with E-state index >= 15 is 0 Å². The van der Waals surface area contributed by atoms with Gasteiger partial charge in [-0.3, -0.25) is 0 Å². The molecule has 0 saturated heterocycles. The predicted octanol–water partition coefficient (Wildman–Crippen LogP) is 15.1. The van der Waals surface area contributed by atoms with Gasteiger partial charge in [-0.1, -0.05) is 114 Å². The smallest absolute Gasteiger partial charge is 0.105 e. The minimum atomic E-state index is -0.732. The quantitative estimate of drug-likeness (QED) is 0.0950. The van der Waals surface area contributed by atoms with Crippen LogP contribution in [0.4, 0.5) is 34.1 Å². The molecule has 3 heteroatoms. The van der Waals surface area contributed by atoms with Gasteiger partial charge in [0.05, 0.1) is 0 Å². The molecule has 3 nitrogen and oxygen atoms in total. The molecule has 288 valence electrons. The first-order valence-electron chi connectivity index (χ1n) is 21.4. The third kappa shape index (κ3) is 8.79. The summed E-state index contributed by atoms with van der Waals surface area (Å²) in [6, 6.07) is 49.5. The van der Waals surface area contributed by atoms with Gasteiger partial charge in [-0.15, -0.1) is 0 Å². The van der Waals surface area contributed by atoms with Crippen LogP contribution in [0.15, 0.2) is 133 Å². The molecule has 56 heavy (non-hydrogen) atoms. The molecule has 1 N–H and O–H groups in total. The molecule has 0 spiro atoms. The van der Waals surface area contributed by atoms with Gasteiger partial charge in [0, 0.05) is 34.1 Å². The fourth-order valence-corrected chi connectivity index (χ4v) is 8.15. The van der Waals surface area contributed by atoms with Crippen molar-refractivity contribution in [2.45, 2.75) is 111 Å². The van der Waals surface area contributed by atoms with E-state index in [1.54, 1.807) is 0 Å². The molecule has 6 aromatic carbocycles. The standard InChI is InChI=1S/C53H60N2O/c1-5-9-13-39-17-25-43(26-18-39)54(44-27-19-40(20-28-44)14-10-6-2)47-33-35-49-50-36-34-48(38-52(50)53(56)51(49)37-47)55(45-29-21-41(22-30-45)15-11-7-3)46-31-23-42(24-32-46)16-12-8-4/h17-38,53,56H,5-16H2,1-4H3. The second kappa shape index (κ2) is 18.7. The van der Waals surface area contributed by atoms with Crippen molar-refractivity contribution in [3.8, 4) is 11.1 Å². The highest BCUT2D eigenvalue weighted by Crippen LogP contribution is 2.49. The molecule has 0 aliphatic heterocycles. The minimum absolute atomic E-state index is 0.732. The lowest BCUT2D eigenvalue weighted by molar-refractivity contribution is 0.225. The van der Waals surface area contributed by atoms with Gasteiger partial charge in [0.15, 0.2) is 0 Å². The molecule has 1 aliphatic carbocycles. The maximum Gasteiger partial charge on any atom is 0.105 e. The van der Waals surface area contributed by atoms with Crippen molar-refractivity contribution >= 4 is 34.1 Å². The lowest BCUT2D eigenvalue weighted by Gasteiger charge is -2.27. The molecule has 0 bridgehead atoms. The van der Waals surface area contributed by atoms with Crippen LogP contribution in [0.1, 0.15) is 119 Å². The summed E-state index contributed by atoms with van der Waals surface area (Å²) in [5.74, 6) is 0. The molecule has 0 unspecified atom stereocenters. The van der Waals surface area contributed by atoms with E-state index in [9.17, 15) is 5.11 Å². The average molecular weight is 741 g/mol. The van der Waals surface area contributed by atoms with Crippen LogP contribution >= 0.6 is 0 Å². The first kappa shape index (κ1) is 39.1. The molecule has 0 aromatic heterocycles. The Bertz CT molecular complexity index is 1890. The van der Waals surface area contributed by atoms with E-state index in [1.807, 2.05) is 0 Å². The fraction of sp³-hybridized carbons (Fsp3) is 0.321. The Kier molecular flexibility index (Phi) is 13.0. The molecule has 0 fully saturated rings. The van der Waals surface area contributed by atoms with Crippen molar-refractivity contribution in [1.29, 1.82) is 0 Å². The van der Waals surface area contributed by atoms with Crippen molar-refractivity contribution in [1.82, 2.24) is 0 Å². The summed E-state index contributed by atoms with van der Waals surface area (Å²) in [7, 11) is 0. The van der Waals surface area contributed by atoms with E-state index in [0.29, 0.717) is 0 Å². The van der Waals surface area contributed by atoms with E-state index in [2.05, 4.69) is 171 Å². The first-order chi connectivity index (χ1) is 27.5. The second-order valence-electron chi connectivity index (χ2n) is 15.7. The highest BCUT2D eigenvalue weighted by molar-refractivity contribution is 5.87. The third-order valence-electron chi connectivity index (χ3n) is 11.5. The molecule has 0 saturated carbocycles. The Balaban J connectivity index is 1.24. The van der Waals surface area contributed by atoms with Crippen LogP contribution in [0.5, 0.6) is 0 Å². The van der Waals surface area contributed by atoms with Gasteiger partial charge in [0.1, 0.15) is 6.10 Å². The Morgan fingerprint density at radius 2 is 0.607 bits per heavy atom. The number of fused-ring (bicyclic) bond motifs is 3. The van der Waals surface area contributed by atoms with Crippen LogP contribution in [0.3, 0.4) is 0 Å². The Labute approximate surface area is 336 Å². The fourth-order valence-electron chi connectivity index (χ4n) is 8.15. The Morgan fingerprint density at radius 3 is 0.857 bits per heavy atom. The topological polar surface area (TPSA) is 26.7 Å². The van der Waals surface area contributed by atoms with Crippen molar-refractivity contribution < 1.29 is 5.11 Å². The zero-order valence-corrected chi connectivity index (χ0v) is 34.1. The number of nitrogens with zero attached hydrogens (tertiary/aromatic N) is 2. The van der Waals surface area contributed by atoms with Gasteiger partial charge in [0.25, 0.3) is 0 Å². The number of benzene rings is 6. The molecule has 0 radical (unpaired) electrons. The molecule has 0 amide bonds. The normalized spacial score (nSPS) is 12.1. The maximum atomic E-state index is 12.2. The van der Waals surface area contributed by atoms with Gasteiger partial charge in [-0.05, 0) is 169 Å². The molecule has 1 aliphatic rings. The predicted molar refractivity (Wildman–Crippen MR) is 240 cm³/mol. The number of aryl methyl sites for hydroxylation is 4. The lowest BCUT2D eigenvalue weighted by Crippen LogP contribution is -2.11. The van der Waals surface area contributed by atoms with E-state index in [0.717, 1.165) is 82.1 Å². The van der Waals surface area contributed by atoms with E-state index in [1.165, 1.54) is 73.6 Å². The van der Waals surface area contributed by atoms with E-state index in [4.69, 9.17) is 0 Å². The highest BCUT2D eigenvalue weighted by Gasteiger charge is 2.30. The Hall–Kier alpha value is -5.12. The van der Waals surface area contributed by atoms with Crippen LogP contribution < -0.4 is 9.80 Å². The number of aliphatic hydroxyl groups is 1. The summed E-state index contributed by atoms with van der Waals surface area (Å²) in [4.78, 5) is 4.68. The summed E-state index contributed by atoms with van der Waals surface area (Å²) in [5, 5.41) is 12.2.